The summed E-state index contributed by atoms with van der Waals surface area (Å²) in [7, 11) is 2.05. The van der Waals surface area contributed by atoms with Crippen molar-refractivity contribution in [2.75, 3.05) is 57.6 Å². The molecule has 3 aliphatic heterocycles. The minimum Gasteiger partial charge on any atom is -0.490 e. The number of hydrogen-bond donors (Lipinski definition) is 3. The number of fused-ring (bicyclic) bond motifs is 3. The molecule has 274 valence electrons. The summed E-state index contributed by atoms with van der Waals surface area (Å²) < 4.78 is 34.7. The molecule has 0 aliphatic carbocycles. The van der Waals surface area contributed by atoms with E-state index in [-0.39, 0.29) is 44.2 Å². The SMILES string of the molecule is C[C@H](CO)N1C[C@H](C)[C@H](CN(C)Cc2ccc3c(c2)OCO3)OCCCC[C@H](C)Oc2ccc(NC(=O)Nc3ccc4c(c3)OCO4)cc2C1=O. The van der Waals surface area contributed by atoms with Crippen molar-refractivity contribution < 1.29 is 43.1 Å². The number of carbonyl (C=O) groups excluding carboxylic acids is 2. The summed E-state index contributed by atoms with van der Waals surface area (Å²) in [6.07, 6.45) is 2.18. The van der Waals surface area contributed by atoms with Crippen molar-refractivity contribution in [3.05, 3.63) is 65.7 Å². The van der Waals surface area contributed by atoms with Crippen LogP contribution in [0.3, 0.4) is 0 Å². The van der Waals surface area contributed by atoms with Gasteiger partial charge in [-0.1, -0.05) is 13.0 Å². The molecule has 0 saturated heterocycles. The molecule has 13 nitrogen and oxygen atoms in total. The molecular formula is C38H48N4O9. The van der Waals surface area contributed by atoms with Crippen LogP contribution < -0.4 is 34.3 Å². The highest BCUT2D eigenvalue weighted by Crippen LogP contribution is 2.35. The molecule has 0 unspecified atom stereocenters. The van der Waals surface area contributed by atoms with E-state index in [1.165, 1.54) is 0 Å². The number of nitrogens with zero attached hydrogens (tertiary/aromatic N) is 2. The van der Waals surface area contributed by atoms with Crippen LogP contribution in [-0.4, -0.2) is 92.0 Å². The zero-order chi connectivity index (χ0) is 35.9. The van der Waals surface area contributed by atoms with Gasteiger partial charge in [-0.25, -0.2) is 4.79 Å². The topological polar surface area (TPSA) is 140 Å². The largest absolute Gasteiger partial charge is 0.490 e. The minimum absolute atomic E-state index is 0.0813. The molecule has 4 atom stereocenters. The highest BCUT2D eigenvalue weighted by molar-refractivity contribution is 6.02. The molecule has 6 rings (SSSR count). The Labute approximate surface area is 298 Å². The first-order chi connectivity index (χ1) is 24.7. The summed E-state index contributed by atoms with van der Waals surface area (Å²) in [5, 5.41) is 15.9. The van der Waals surface area contributed by atoms with Gasteiger partial charge in [-0.15, -0.1) is 0 Å². The van der Waals surface area contributed by atoms with Crippen LogP contribution in [0.25, 0.3) is 0 Å². The number of carbonyl (C=O) groups is 2. The Morgan fingerprint density at radius 2 is 1.55 bits per heavy atom. The second-order valence-electron chi connectivity index (χ2n) is 13.5. The van der Waals surface area contributed by atoms with Crippen molar-refractivity contribution in [1.29, 1.82) is 0 Å². The quantitative estimate of drug-likeness (QED) is 0.267. The maximum absolute atomic E-state index is 14.5. The van der Waals surface area contributed by atoms with Gasteiger partial charge in [0.25, 0.3) is 5.91 Å². The lowest BCUT2D eigenvalue weighted by Crippen LogP contribution is -2.47. The summed E-state index contributed by atoms with van der Waals surface area (Å²) in [6, 6.07) is 15.2. The van der Waals surface area contributed by atoms with Crippen LogP contribution in [0.4, 0.5) is 16.2 Å². The van der Waals surface area contributed by atoms with Crippen LogP contribution in [0.2, 0.25) is 0 Å². The van der Waals surface area contributed by atoms with Crippen LogP contribution in [0.15, 0.2) is 54.6 Å². The molecule has 3 aromatic carbocycles. The van der Waals surface area contributed by atoms with Crippen molar-refractivity contribution >= 4 is 23.3 Å². The summed E-state index contributed by atoms with van der Waals surface area (Å²) in [4.78, 5) is 31.4. The van der Waals surface area contributed by atoms with E-state index in [9.17, 15) is 14.7 Å². The second kappa shape index (κ2) is 16.5. The van der Waals surface area contributed by atoms with Gasteiger partial charge in [-0.05, 0) is 88.2 Å². The monoisotopic (exact) mass is 704 g/mol. The number of ether oxygens (including phenoxy) is 6. The van der Waals surface area contributed by atoms with E-state index in [1.54, 1.807) is 41.3 Å². The van der Waals surface area contributed by atoms with E-state index in [0.29, 0.717) is 60.4 Å². The van der Waals surface area contributed by atoms with E-state index < -0.39 is 12.1 Å². The van der Waals surface area contributed by atoms with Gasteiger partial charge in [0.1, 0.15) is 5.75 Å². The normalized spacial score (nSPS) is 21.0. The van der Waals surface area contributed by atoms with Gasteiger partial charge in [-0.2, -0.15) is 0 Å². The molecule has 0 radical (unpaired) electrons. The number of benzene rings is 3. The third-order valence-corrected chi connectivity index (χ3v) is 9.32. The Morgan fingerprint density at radius 3 is 2.27 bits per heavy atom. The number of aliphatic hydroxyl groups excluding tert-OH is 1. The molecule has 0 bridgehead atoms. The first kappa shape index (κ1) is 36.1. The average molecular weight is 705 g/mol. The zero-order valence-corrected chi connectivity index (χ0v) is 29.7. The number of aliphatic hydroxyl groups is 1. The van der Waals surface area contributed by atoms with Crippen molar-refractivity contribution in [3.63, 3.8) is 0 Å². The maximum atomic E-state index is 14.5. The Hall–Kier alpha value is -4.72. The predicted octanol–water partition coefficient (Wildman–Crippen LogP) is 5.72. The fourth-order valence-corrected chi connectivity index (χ4v) is 6.45. The van der Waals surface area contributed by atoms with Gasteiger partial charge in [0.2, 0.25) is 13.6 Å². The van der Waals surface area contributed by atoms with Crippen molar-refractivity contribution in [2.45, 2.75) is 64.8 Å². The van der Waals surface area contributed by atoms with Crippen LogP contribution in [0.5, 0.6) is 28.7 Å². The number of urea groups is 1. The van der Waals surface area contributed by atoms with Crippen LogP contribution in [-0.2, 0) is 11.3 Å². The summed E-state index contributed by atoms with van der Waals surface area (Å²) >= 11 is 0. The fourth-order valence-electron chi connectivity index (χ4n) is 6.45. The molecule has 3 amide bonds. The molecule has 13 heteroatoms. The third-order valence-electron chi connectivity index (χ3n) is 9.32. The van der Waals surface area contributed by atoms with Gasteiger partial charge < -0.3 is 49.1 Å². The number of rotatable bonds is 8. The average Bonchev–Trinajstić information content (AvgIpc) is 3.78. The molecule has 3 aliphatic rings. The lowest BCUT2D eigenvalue weighted by molar-refractivity contribution is -0.0177. The van der Waals surface area contributed by atoms with E-state index >= 15 is 0 Å². The van der Waals surface area contributed by atoms with Crippen molar-refractivity contribution in [2.24, 2.45) is 5.92 Å². The van der Waals surface area contributed by atoms with Crippen molar-refractivity contribution in [3.8, 4) is 28.7 Å². The van der Waals surface area contributed by atoms with Gasteiger partial charge in [0.05, 0.1) is 30.4 Å². The van der Waals surface area contributed by atoms with E-state index in [4.69, 9.17) is 28.4 Å². The van der Waals surface area contributed by atoms with Crippen molar-refractivity contribution in [1.82, 2.24) is 9.80 Å². The second-order valence-corrected chi connectivity index (χ2v) is 13.5. The number of nitrogens with one attached hydrogen (secondary N) is 2. The number of amides is 3. The summed E-state index contributed by atoms with van der Waals surface area (Å²) in [6.45, 7) is 8.25. The lowest BCUT2D eigenvalue weighted by Gasteiger charge is -2.36. The van der Waals surface area contributed by atoms with Crippen LogP contribution in [0.1, 0.15) is 56.0 Å². The Balaban J connectivity index is 1.20. The third kappa shape index (κ3) is 9.15. The van der Waals surface area contributed by atoms with E-state index in [1.807, 2.05) is 32.0 Å². The first-order valence-electron chi connectivity index (χ1n) is 17.6. The molecule has 0 saturated carbocycles. The highest BCUT2D eigenvalue weighted by Gasteiger charge is 2.31. The summed E-state index contributed by atoms with van der Waals surface area (Å²) in [5.74, 6) is 2.69. The first-order valence-corrected chi connectivity index (χ1v) is 17.6. The summed E-state index contributed by atoms with van der Waals surface area (Å²) in [5.41, 5.74) is 2.33. The maximum Gasteiger partial charge on any atom is 0.323 e. The molecule has 3 aromatic rings. The molecule has 0 fully saturated rings. The molecule has 0 spiro atoms. The van der Waals surface area contributed by atoms with E-state index in [2.05, 4.69) is 29.5 Å². The molecule has 3 N–H and O–H groups in total. The molecule has 51 heavy (non-hydrogen) atoms. The van der Waals surface area contributed by atoms with Gasteiger partial charge in [0, 0.05) is 49.6 Å². The smallest absolute Gasteiger partial charge is 0.323 e. The van der Waals surface area contributed by atoms with Gasteiger partial charge in [0.15, 0.2) is 23.0 Å². The lowest BCUT2D eigenvalue weighted by atomic mass is 10.0. The van der Waals surface area contributed by atoms with Gasteiger partial charge >= 0.3 is 6.03 Å². The Bertz CT molecular complexity index is 1690. The number of hydrogen-bond acceptors (Lipinski definition) is 10. The minimum atomic E-state index is -0.490. The Kier molecular flexibility index (Phi) is 11.7. The Morgan fingerprint density at radius 1 is 0.902 bits per heavy atom. The van der Waals surface area contributed by atoms with E-state index in [0.717, 1.165) is 36.3 Å². The predicted molar refractivity (Wildman–Crippen MR) is 191 cm³/mol. The standard InChI is InChI=1S/C38H48N4O9/c1-24-18-42(25(2)21-43)37(44)30-16-28(39-38(45)40-29-10-13-33-35(17-29)50-23-48-33)9-12-31(30)51-26(3)7-5-6-14-46-36(24)20-41(4)19-27-8-11-32-34(15-27)49-22-47-32/h8-13,15-17,24-26,36,43H,5-7,14,18-23H2,1-4H3,(H2,39,40,45)/t24-,25+,26-,36-/m0/s1. The molecule has 3 heterocycles. The molecule has 0 aromatic heterocycles. The number of likely N-dealkylation sites (N-methyl/N-ethyl adjacent to an activating group) is 1. The van der Waals surface area contributed by atoms with Crippen LogP contribution in [0, 0.1) is 5.92 Å². The fraction of sp³-hybridized carbons (Fsp3) is 0.474. The highest BCUT2D eigenvalue weighted by atomic mass is 16.7. The molecular weight excluding hydrogens is 656 g/mol. The van der Waals surface area contributed by atoms with Gasteiger partial charge in [-0.3, -0.25) is 9.69 Å². The number of anilines is 2. The van der Waals surface area contributed by atoms with Crippen LogP contribution >= 0.6 is 0 Å². The zero-order valence-electron chi connectivity index (χ0n) is 29.7.